The SMILES string of the molecule is C[C@@H](O)[C@H]1C(=O)N2C(C(=O)O)=C(Sc3nc(-c4cc[n+](C)cc4)cs3)[C@H](C)[C@H]12. The lowest BCUT2D eigenvalue weighted by Gasteiger charge is -2.46. The van der Waals surface area contributed by atoms with Gasteiger partial charge < -0.3 is 15.1 Å². The first kappa shape index (κ1) is 19.1. The Hall–Kier alpha value is -2.23. The molecule has 0 saturated carbocycles. The molecule has 1 saturated heterocycles. The number of carboxylic acid groups (broad SMARTS) is 1. The van der Waals surface area contributed by atoms with E-state index < -0.39 is 18.0 Å². The second kappa shape index (κ2) is 6.98. The van der Waals surface area contributed by atoms with Crippen LogP contribution in [0.4, 0.5) is 0 Å². The molecule has 0 radical (unpaired) electrons. The summed E-state index contributed by atoms with van der Waals surface area (Å²) in [5.41, 5.74) is 1.84. The smallest absolute Gasteiger partial charge is 0.353 e. The highest BCUT2D eigenvalue weighted by Gasteiger charge is 2.60. The number of aryl methyl sites for hydroxylation is 1. The van der Waals surface area contributed by atoms with Gasteiger partial charge >= 0.3 is 5.97 Å². The summed E-state index contributed by atoms with van der Waals surface area (Å²) >= 11 is 2.75. The number of rotatable bonds is 5. The molecule has 4 rings (SSSR count). The van der Waals surface area contributed by atoms with Gasteiger partial charge in [0, 0.05) is 33.9 Å². The predicted molar refractivity (Wildman–Crippen MR) is 104 cm³/mol. The largest absolute Gasteiger partial charge is 0.477 e. The molecule has 28 heavy (non-hydrogen) atoms. The Balaban J connectivity index is 1.63. The second-order valence-electron chi connectivity index (χ2n) is 7.12. The van der Waals surface area contributed by atoms with Gasteiger partial charge in [0.25, 0.3) is 0 Å². The van der Waals surface area contributed by atoms with Gasteiger partial charge in [-0.2, -0.15) is 0 Å². The van der Waals surface area contributed by atoms with Crippen LogP contribution in [0.2, 0.25) is 0 Å². The fourth-order valence-corrected chi connectivity index (χ4v) is 5.96. The van der Waals surface area contributed by atoms with Gasteiger partial charge in [0.2, 0.25) is 5.91 Å². The Morgan fingerprint density at radius 1 is 1.39 bits per heavy atom. The maximum Gasteiger partial charge on any atom is 0.353 e. The highest BCUT2D eigenvalue weighted by atomic mass is 32.2. The first-order valence-corrected chi connectivity index (χ1v) is 10.6. The average molecular weight is 419 g/mol. The highest BCUT2D eigenvalue weighted by Crippen LogP contribution is 2.52. The van der Waals surface area contributed by atoms with Gasteiger partial charge in [-0.05, 0) is 6.92 Å². The number of thioether (sulfide) groups is 1. The van der Waals surface area contributed by atoms with Gasteiger partial charge in [0.15, 0.2) is 16.7 Å². The molecule has 2 aromatic heterocycles. The van der Waals surface area contributed by atoms with Crippen molar-refractivity contribution in [2.24, 2.45) is 18.9 Å². The Bertz CT molecular complexity index is 983. The Kier molecular flexibility index (Phi) is 4.76. The zero-order chi connectivity index (χ0) is 20.2. The maximum atomic E-state index is 12.4. The lowest BCUT2D eigenvalue weighted by molar-refractivity contribution is -0.671. The van der Waals surface area contributed by atoms with Crippen LogP contribution >= 0.6 is 23.1 Å². The third-order valence-corrected chi connectivity index (χ3v) is 7.49. The number of nitrogens with zero attached hydrogens (tertiary/aromatic N) is 3. The number of aliphatic hydroxyl groups excluding tert-OH is 1. The van der Waals surface area contributed by atoms with Crippen molar-refractivity contribution in [1.29, 1.82) is 0 Å². The molecule has 2 aliphatic rings. The summed E-state index contributed by atoms with van der Waals surface area (Å²) in [7, 11) is 1.94. The molecule has 4 heterocycles. The minimum Gasteiger partial charge on any atom is -0.477 e. The van der Waals surface area contributed by atoms with Crippen molar-refractivity contribution < 1.29 is 24.4 Å². The summed E-state index contributed by atoms with van der Waals surface area (Å²) in [5, 5.41) is 21.6. The third-order valence-electron chi connectivity index (χ3n) is 5.27. The highest BCUT2D eigenvalue weighted by molar-refractivity contribution is 8.04. The molecule has 0 bridgehead atoms. The number of β-lactam (4-membered cyclic amide) rings is 1. The van der Waals surface area contributed by atoms with Crippen LogP contribution in [0, 0.1) is 11.8 Å². The van der Waals surface area contributed by atoms with Gasteiger partial charge in [0.1, 0.15) is 12.7 Å². The van der Waals surface area contributed by atoms with E-state index >= 15 is 0 Å². The first-order chi connectivity index (χ1) is 13.3. The van der Waals surface area contributed by atoms with Crippen molar-refractivity contribution in [3.05, 3.63) is 40.5 Å². The minimum atomic E-state index is -1.12. The molecule has 9 heteroatoms. The second-order valence-corrected chi connectivity index (χ2v) is 9.27. The van der Waals surface area contributed by atoms with Gasteiger partial charge in [-0.15, -0.1) is 11.3 Å². The molecule has 0 aromatic carbocycles. The van der Waals surface area contributed by atoms with E-state index in [1.54, 1.807) is 6.92 Å². The summed E-state index contributed by atoms with van der Waals surface area (Å²) in [6.45, 7) is 3.48. The molecule has 1 amide bonds. The summed E-state index contributed by atoms with van der Waals surface area (Å²) in [6.07, 6.45) is 3.08. The van der Waals surface area contributed by atoms with Crippen LogP contribution in [-0.4, -0.2) is 44.1 Å². The zero-order valence-corrected chi connectivity index (χ0v) is 17.2. The number of amides is 1. The van der Waals surface area contributed by atoms with Crippen LogP contribution in [0.1, 0.15) is 13.8 Å². The topological polar surface area (TPSA) is 94.6 Å². The lowest BCUT2D eigenvalue weighted by atomic mass is 9.79. The normalized spacial score (nSPS) is 24.9. The zero-order valence-electron chi connectivity index (χ0n) is 15.6. The predicted octanol–water partition coefficient (Wildman–Crippen LogP) is 1.88. The fraction of sp³-hybridized carbons (Fsp3) is 0.368. The standard InChI is InChI=1S/C19H19N3O4S2/c1-9-14-13(10(2)23)17(24)22(14)15(18(25)26)16(9)28-19-20-12(8-27-19)11-4-6-21(3)7-5-11/h4-10,13-14,23H,1-3H3/p+1/t9-,10-,13-,14-/m1/s1. The monoisotopic (exact) mass is 418 g/mol. The van der Waals surface area contributed by atoms with E-state index in [1.165, 1.54) is 28.0 Å². The van der Waals surface area contributed by atoms with E-state index in [2.05, 4.69) is 4.98 Å². The third kappa shape index (κ3) is 2.94. The molecule has 7 nitrogen and oxygen atoms in total. The number of hydrogen-bond acceptors (Lipinski definition) is 6. The quantitative estimate of drug-likeness (QED) is 0.569. The minimum absolute atomic E-state index is 0.0212. The summed E-state index contributed by atoms with van der Waals surface area (Å²) in [5.74, 6) is -2.17. The molecule has 4 atom stereocenters. The van der Waals surface area contributed by atoms with Gasteiger partial charge in [-0.3, -0.25) is 4.79 Å². The fourth-order valence-electron chi connectivity index (χ4n) is 3.86. The van der Waals surface area contributed by atoms with Crippen molar-refractivity contribution in [2.45, 2.75) is 30.3 Å². The van der Waals surface area contributed by atoms with E-state index in [0.717, 1.165) is 15.6 Å². The van der Waals surface area contributed by atoms with Crippen molar-refractivity contribution in [3.8, 4) is 11.3 Å². The van der Waals surface area contributed by atoms with Gasteiger partial charge in [-0.25, -0.2) is 14.3 Å². The molecule has 2 aliphatic heterocycles. The number of pyridine rings is 1. The Morgan fingerprint density at radius 2 is 2.07 bits per heavy atom. The number of carbonyl (C=O) groups is 2. The van der Waals surface area contributed by atoms with Crippen molar-refractivity contribution >= 4 is 35.0 Å². The molecule has 1 fully saturated rings. The Morgan fingerprint density at radius 3 is 2.68 bits per heavy atom. The number of carboxylic acids is 1. The number of aliphatic carboxylic acids is 1. The van der Waals surface area contributed by atoms with E-state index in [-0.39, 0.29) is 23.6 Å². The molecule has 0 aliphatic carbocycles. The summed E-state index contributed by atoms with van der Waals surface area (Å²) in [4.78, 5) is 30.9. The van der Waals surface area contributed by atoms with Crippen LogP contribution < -0.4 is 4.57 Å². The van der Waals surface area contributed by atoms with Crippen LogP contribution in [0.25, 0.3) is 11.3 Å². The van der Waals surface area contributed by atoms with Gasteiger partial charge in [0.05, 0.1) is 23.8 Å². The molecular weight excluding hydrogens is 398 g/mol. The van der Waals surface area contributed by atoms with E-state index in [0.29, 0.717) is 4.91 Å². The van der Waals surface area contributed by atoms with Crippen LogP contribution in [-0.2, 0) is 16.6 Å². The van der Waals surface area contributed by atoms with E-state index in [1.807, 2.05) is 48.4 Å². The number of aliphatic hydroxyl groups is 1. The van der Waals surface area contributed by atoms with Crippen molar-refractivity contribution in [1.82, 2.24) is 9.88 Å². The maximum absolute atomic E-state index is 12.4. The van der Waals surface area contributed by atoms with Crippen molar-refractivity contribution in [3.63, 3.8) is 0 Å². The molecule has 0 unspecified atom stereocenters. The summed E-state index contributed by atoms with van der Waals surface area (Å²) in [6, 6.07) is 3.64. The number of thiazole rings is 1. The van der Waals surface area contributed by atoms with Crippen LogP contribution in [0.5, 0.6) is 0 Å². The Labute approximate surface area is 170 Å². The van der Waals surface area contributed by atoms with Crippen molar-refractivity contribution in [2.75, 3.05) is 0 Å². The molecule has 2 aromatic rings. The lowest BCUT2D eigenvalue weighted by Crippen LogP contribution is -2.63. The number of hydrogen-bond donors (Lipinski definition) is 2. The average Bonchev–Trinajstić information content (AvgIpc) is 3.18. The van der Waals surface area contributed by atoms with E-state index in [4.69, 9.17) is 0 Å². The van der Waals surface area contributed by atoms with Crippen LogP contribution in [0.15, 0.2) is 44.8 Å². The van der Waals surface area contributed by atoms with Crippen LogP contribution in [0.3, 0.4) is 0 Å². The van der Waals surface area contributed by atoms with E-state index in [9.17, 15) is 19.8 Å². The number of aromatic nitrogens is 2. The molecule has 146 valence electrons. The molecule has 2 N–H and O–H groups in total. The molecule has 0 spiro atoms. The number of fused-ring (bicyclic) bond motifs is 1. The molecular formula is C19H20N3O4S2+. The number of carbonyl (C=O) groups excluding carboxylic acids is 1. The first-order valence-electron chi connectivity index (χ1n) is 8.87. The summed E-state index contributed by atoms with van der Waals surface area (Å²) < 4.78 is 2.67. The van der Waals surface area contributed by atoms with Gasteiger partial charge in [-0.1, -0.05) is 18.7 Å².